The number of ether oxygens (including phenoxy) is 2. The molecule has 0 radical (unpaired) electrons. The van der Waals surface area contributed by atoms with Crippen molar-refractivity contribution in [2.24, 2.45) is 23.7 Å². The molecule has 8 atom stereocenters. The maximum absolute atomic E-state index is 12.6. The maximum Gasteiger partial charge on any atom is 0.308 e. The zero-order valence-corrected chi connectivity index (χ0v) is 22.0. The van der Waals surface area contributed by atoms with Gasteiger partial charge in [0.15, 0.2) is 0 Å². The molecule has 2 aliphatic rings. The normalized spacial score (nSPS) is 27.4. The lowest BCUT2D eigenvalue weighted by molar-refractivity contribution is -0.159. The SMILES string of the molecule is CC[C@H](C)C(=O)O[C@H]1C[C@H](O)C=C2C=C[C@H](C)[C@H](CC[C@@H](O)C[C@@H](O)CC(=O)OCc3ccncc3)C21. The summed E-state index contributed by atoms with van der Waals surface area (Å²) in [4.78, 5) is 28.6. The predicted octanol–water partition coefficient (Wildman–Crippen LogP) is 3.49. The highest BCUT2D eigenvalue weighted by Gasteiger charge is 2.42. The number of hydrogen-bond donors (Lipinski definition) is 3. The largest absolute Gasteiger partial charge is 0.461 e. The number of rotatable bonds is 12. The van der Waals surface area contributed by atoms with Crippen molar-refractivity contribution in [1.29, 1.82) is 0 Å². The van der Waals surface area contributed by atoms with Crippen LogP contribution in [0.15, 0.2) is 48.3 Å². The minimum atomic E-state index is -1.01. The first-order valence-electron chi connectivity index (χ1n) is 13.4. The maximum atomic E-state index is 12.6. The summed E-state index contributed by atoms with van der Waals surface area (Å²) >= 11 is 0. The molecule has 0 bridgehead atoms. The molecule has 0 saturated heterocycles. The zero-order valence-electron chi connectivity index (χ0n) is 22.0. The molecule has 1 heterocycles. The fourth-order valence-electron chi connectivity index (χ4n) is 5.21. The third-order valence-corrected chi connectivity index (χ3v) is 7.58. The molecule has 37 heavy (non-hydrogen) atoms. The van der Waals surface area contributed by atoms with Gasteiger partial charge in [0, 0.05) is 24.7 Å². The fraction of sp³-hybridized carbons (Fsp3) is 0.621. The number of esters is 2. The van der Waals surface area contributed by atoms with E-state index in [-0.39, 0.29) is 49.1 Å². The zero-order chi connectivity index (χ0) is 26.9. The van der Waals surface area contributed by atoms with E-state index in [0.29, 0.717) is 25.7 Å². The first-order valence-corrected chi connectivity index (χ1v) is 13.4. The average Bonchev–Trinajstić information content (AvgIpc) is 2.86. The molecular weight excluding hydrogens is 474 g/mol. The summed E-state index contributed by atoms with van der Waals surface area (Å²) in [6, 6.07) is 3.50. The summed E-state index contributed by atoms with van der Waals surface area (Å²) < 4.78 is 11.1. The van der Waals surface area contributed by atoms with Gasteiger partial charge in [-0.15, -0.1) is 0 Å². The monoisotopic (exact) mass is 515 g/mol. The van der Waals surface area contributed by atoms with Crippen LogP contribution < -0.4 is 0 Å². The molecule has 0 aromatic carbocycles. The molecule has 1 aromatic heterocycles. The average molecular weight is 516 g/mol. The van der Waals surface area contributed by atoms with Gasteiger partial charge < -0.3 is 24.8 Å². The van der Waals surface area contributed by atoms with E-state index >= 15 is 0 Å². The Kier molecular flexibility index (Phi) is 10.9. The Morgan fingerprint density at radius 2 is 1.92 bits per heavy atom. The molecule has 204 valence electrons. The Morgan fingerprint density at radius 3 is 2.62 bits per heavy atom. The van der Waals surface area contributed by atoms with Crippen molar-refractivity contribution in [3.05, 3.63) is 53.9 Å². The first kappa shape index (κ1) is 29.0. The molecule has 0 saturated carbocycles. The molecule has 1 aromatic rings. The third-order valence-electron chi connectivity index (χ3n) is 7.58. The van der Waals surface area contributed by atoms with Gasteiger partial charge in [-0.1, -0.05) is 39.0 Å². The van der Waals surface area contributed by atoms with E-state index in [0.717, 1.165) is 11.1 Å². The number of carbonyl (C=O) groups excluding carboxylic acids is 2. The Balaban J connectivity index is 1.53. The van der Waals surface area contributed by atoms with Gasteiger partial charge in [-0.05, 0) is 60.8 Å². The van der Waals surface area contributed by atoms with Crippen LogP contribution in [0.25, 0.3) is 0 Å². The van der Waals surface area contributed by atoms with E-state index in [1.807, 2.05) is 26.0 Å². The highest BCUT2D eigenvalue weighted by atomic mass is 16.5. The van der Waals surface area contributed by atoms with Crippen molar-refractivity contribution in [1.82, 2.24) is 4.98 Å². The number of allylic oxidation sites excluding steroid dienone is 2. The molecule has 2 aliphatic carbocycles. The third kappa shape index (κ3) is 8.48. The number of carbonyl (C=O) groups is 2. The summed E-state index contributed by atoms with van der Waals surface area (Å²) in [6.45, 7) is 6.00. The number of aromatic nitrogens is 1. The second-order valence-electron chi connectivity index (χ2n) is 10.5. The topological polar surface area (TPSA) is 126 Å². The molecule has 0 aliphatic heterocycles. The minimum Gasteiger partial charge on any atom is -0.461 e. The van der Waals surface area contributed by atoms with Gasteiger partial charge in [0.1, 0.15) is 12.7 Å². The highest BCUT2D eigenvalue weighted by Crippen LogP contribution is 2.44. The van der Waals surface area contributed by atoms with E-state index in [1.54, 1.807) is 24.5 Å². The van der Waals surface area contributed by atoms with Crippen molar-refractivity contribution < 1.29 is 34.4 Å². The smallest absolute Gasteiger partial charge is 0.308 e. The van der Waals surface area contributed by atoms with Gasteiger partial charge in [0.25, 0.3) is 0 Å². The van der Waals surface area contributed by atoms with E-state index in [1.165, 1.54) is 0 Å². The number of pyridine rings is 1. The number of fused-ring (bicyclic) bond motifs is 1. The van der Waals surface area contributed by atoms with Crippen LogP contribution in [0.3, 0.4) is 0 Å². The van der Waals surface area contributed by atoms with Gasteiger partial charge in [-0.3, -0.25) is 14.6 Å². The van der Waals surface area contributed by atoms with Gasteiger partial charge in [-0.2, -0.15) is 0 Å². The van der Waals surface area contributed by atoms with Crippen LogP contribution in [0.5, 0.6) is 0 Å². The predicted molar refractivity (Wildman–Crippen MR) is 138 cm³/mol. The number of nitrogens with zero attached hydrogens (tertiary/aromatic N) is 1. The van der Waals surface area contributed by atoms with Crippen molar-refractivity contribution in [3.63, 3.8) is 0 Å². The van der Waals surface area contributed by atoms with Crippen LogP contribution in [0.1, 0.15) is 64.9 Å². The molecule has 8 heteroatoms. The fourth-order valence-corrected chi connectivity index (χ4v) is 5.21. The second kappa shape index (κ2) is 13.8. The summed E-state index contributed by atoms with van der Waals surface area (Å²) in [5, 5.41) is 31.3. The number of aliphatic hydroxyl groups excluding tert-OH is 3. The highest BCUT2D eigenvalue weighted by molar-refractivity contribution is 5.72. The summed E-state index contributed by atoms with van der Waals surface area (Å²) in [5.41, 5.74) is 1.78. The van der Waals surface area contributed by atoms with Crippen molar-refractivity contribution in [2.45, 2.75) is 90.3 Å². The lowest BCUT2D eigenvalue weighted by Gasteiger charge is -2.43. The van der Waals surface area contributed by atoms with Crippen LogP contribution in [0, 0.1) is 23.7 Å². The summed E-state index contributed by atoms with van der Waals surface area (Å²) in [6.07, 6.45) is 8.30. The Hall–Kier alpha value is -2.55. The van der Waals surface area contributed by atoms with Gasteiger partial charge in [0.2, 0.25) is 0 Å². The molecule has 8 nitrogen and oxygen atoms in total. The summed E-state index contributed by atoms with van der Waals surface area (Å²) in [7, 11) is 0. The van der Waals surface area contributed by atoms with Gasteiger partial charge in [-0.25, -0.2) is 0 Å². The number of aliphatic hydroxyl groups is 3. The Bertz CT molecular complexity index is 947. The quantitative estimate of drug-likeness (QED) is 0.361. The van der Waals surface area contributed by atoms with E-state index in [9.17, 15) is 24.9 Å². The van der Waals surface area contributed by atoms with Crippen LogP contribution in [0.4, 0.5) is 0 Å². The van der Waals surface area contributed by atoms with Crippen LogP contribution >= 0.6 is 0 Å². The van der Waals surface area contributed by atoms with E-state index in [2.05, 4.69) is 18.0 Å². The standard InChI is InChI=1S/C29H41NO7/c1-4-18(2)29(35)37-26-15-23(32)13-21-6-5-19(3)25(28(21)26)8-7-22(31)14-24(33)16-27(34)36-17-20-9-11-30-12-10-20/h5-6,9-13,18-19,22-26,28,31-33H,4,7-8,14-17H2,1-3H3/t18-,19-,22+,23+,24+,25-,26-,28?/m0/s1. The van der Waals surface area contributed by atoms with E-state index in [4.69, 9.17) is 9.47 Å². The number of hydrogen-bond acceptors (Lipinski definition) is 8. The van der Waals surface area contributed by atoms with Crippen LogP contribution in [-0.2, 0) is 25.7 Å². The van der Waals surface area contributed by atoms with Gasteiger partial charge >= 0.3 is 11.9 Å². The second-order valence-corrected chi connectivity index (χ2v) is 10.5. The van der Waals surface area contributed by atoms with Crippen LogP contribution in [-0.4, -0.2) is 56.7 Å². The van der Waals surface area contributed by atoms with Crippen molar-refractivity contribution in [3.8, 4) is 0 Å². The minimum absolute atomic E-state index is 0.0586. The first-order chi connectivity index (χ1) is 17.7. The Morgan fingerprint density at radius 1 is 1.19 bits per heavy atom. The molecule has 0 spiro atoms. The summed E-state index contributed by atoms with van der Waals surface area (Å²) in [5.74, 6) is -0.735. The van der Waals surface area contributed by atoms with E-state index < -0.39 is 30.4 Å². The van der Waals surface area contributed by atoms with Crippen molar-refractivity contribution >= 4 is 11.9 Å². The molecular formula is C29H41NO7. The Labute approximate surface area is 219 Å². The molecule has 3 N–H and O–H groups in total. The molecule has 3 rings (SSSR count). The molecule has 1 unspecified atom stereocenters. The lowest BCUT2D eigenvalue weighted by atomic mass is 9.66. The lowest BCUT2D eigenvalue weighted by Crippen LogP contribution is -2.43. The van der Waals surface area contributed by atoms with Crippen LogP contribution in [0.2, 0.25) is 0 Å². The molecule has 0 fully saturated rings. The van der Waals surface area contributed by atoms with Crippen molar-refractivity contribution in [2.75, 3.05) is 0 Å². The van der Waals surface area contributed by atoms with Gasteiger partial charge in [0.05, 0.1) is 30.7 Å². The molecule has 0 amide bonds.